The summed E-state index contributed by atoms with van der Waals surface area (Å²) < 4.78 is 18.7. The highest BCUT2D eigenvalue weighted by Crippen LogP contribution is 2.17. The molecule has 0 heterocycles. The molecule has 5 heteroatoms. The SMILES string of the molecule is CCCNC(C)(CCCOc1ccc(F)c(C)c1)C(N)=O. The van der Waals surface area contributed by atoms with Gasteiger partial charge in [-0.05, 0) is 63.4 Å². The van der Waals surface area contributed by atoms with Gasteiger partial charge in [-0.3, -0.25) is 4.79 Å². The number of carbonyl (C=O) groups is 1. The van der Waals surface area contributed by atoms with Gasteiger partial charge in [-0.25, -0.2) is 4.39 Å². The maximum atomic E-state index is 13.1. The van der Waals surface area contributed by atoms with E-state index in [1.165, 1.54) is 6.07 Å². The molecule has 4 nitrogen and oxygen atoms in total. The zero-order chi connectivity index (χ0) is 15.9. The number of amides is 1. The van der Waals surface area contributed by atoms with Crippen LogP contribution in [0, 0.1) is 12.7 Å². The van der Waals surface area contributed by atoms with Crippen molar-refractivity contribution in [3.63, 3.8) is 0 Å². The van der Waals surface area contributed by atoms with Crippen molar-refractivity contribution >= 4 is 5.91 Å². The summed E-state index contributed by atoms with van der Waals surface area (Å²) in [6, 6.07) is 4.66. The third-order valence-electron chi connectivity index (χ3n) is 3.53. The molecule has 3 N–H and O–H groups in total. The number of aryl methyl sites for hydroxylation is 1. The zero-order valence-electron chi connectivity index (χ0n) is 13.0. The first kappa shape index (κ1) is 17.4. The van der Waals surface area contributed by atoms with Crippen LogP contribution >= 0.6 is 0 Å². The van der Waals surface area contributed by atoms with Gasteiger partial charge in [-0.2, -0.15) is 0 Å². The Hall–Kier alpha value is -1.62. The fourth-order valence-electron chi connectivity index (χ4n) is 2.02. The number of hydrogen-bond donors (Lipinski definition) is 2. The van der Waals surface area contributed by atoms with E-state index in [0.717, 1.165) is 13.0 Å². The smallest absolute Gasteiger partial charge is 0.237 e. The van der Waals surface area contributed by atoms with Crippen LogP contribution in [0.25, 0.3) is 0 Å². The summed E-state index contributed by atoms with van der Waals surface area (Å²) in [5.74, 6) is 0.0391. The molecule has 0 aliphatic heterocycles. The average molecular weight is 296 g/mol. The first-order chi connectivity index (χ1) is 9.89. The summed E-state index contributed by atoms with van der Waals surface area (Å²) in [5.41, 5.74) is 5.30. The molecule has 1 rings (SSSR count). The number of primary amides is 1. The number of nitrogens with two attached hydrogens (primary N) is 1. The minimum absolute atomic E-state index is 0.243. The topological polar surface area (TPSA) is 64.3 Å². The van der Waals surface area contributed by atoms with Crippen molar-refractivity contribution in [3.8, 4) is 5.75 Å². The van der Waals surface area contributed by atoms with Crippen molar-refractivity contribution in [2.24, 2.45) is 5.73 Å². The summed E-state index contributed by atoms with van der Waals surface area (Å²) in [6.07, 6.45) is 2.23. The van der Waals surface area contributed by atoms with Gasteiger partial charge in [-0.1, -0.05) is 6.92 Å². The number of carbonyl (C=O) groups excluding carboxylic acids is 1. The molecule has 1 unspecified atom stereocenters. The second-order valence-corrected chi connectivity index (χ2v) is 5.49. The van der Waals surface area contributed by atoms with Gasteiger partial charge in [-0.15, -0.1) is 0 Å². The standard InChI is InChI=1S/C16H25FN2O2/c1-4-9-19-16(3,15(18)20)8-5-10-21-13-6-7-14(17)12(2)11-13/h6-7,11,19H,4-5,8-10H2,1-3H3,(H2,18,20). The van der Waals surface area contributed by atoms with Crippen molar-refractivity contribution < 1.29 is 13.9 Å². The zero-order valence-corrected chi connectivity index (χ0v) is 13.0. The molecular weight excluding hydrogens is 271 g/mol. The van der Waals surface area contributed by atoms with Gasteiger partial charge in [0.25, 0.3) is 0 Å². The molecule has 1 amide bonds. The molecule has 0 saturated carbocycles. The molecule has 0 aromatic heterocycles. The van der Waals surface area contributed by atoms with E-state index < -0.39 is 5.54 Å². The normalized spacial score (nSPS) is 13.7. The third-order valence-corrected chi connectivity index (χ3v) is 3.53. The van der Waals surface area contributed by atoms with Crippen LogP contribution in [0.5, 0.6) is 5.75 Å². The van der Waals surface area contributed by atoms with Gasteiger partial charge >= 0.3 is 0 Å². The van der Waals surface area contributed by atoms with E-state index in [1.54, 1.807) is 19.1 Å². The highest BCUT2D eigenvalue weighted by molar-refractivity contribution is 5.84. The molecule has 0 radical (unpaired) electrons. The predicted octanol–water partition coefficient (Wildman–Crippen LogP) is 2.54. The van der Waals surface area contributed by atoms with E-state index in [1.807, 2.05) is 13.8 Å². The van der Waals surface area contributed by atoms with E-state index in [0.29, 0.717) is 30.8 Å². The fraction of sp³-hybridized carbons (Fsp3) is 0.562. The lowest BCUT2D eigenvalue weighted by molar-refractivity contribution is -0.124. The predicted molar refractivity (Wildman–Crippen MR) is 81.8 cm³/mol. The number of nitrogens with one attached hydrogen (secondary N) is 1. The molecule has 0 fully saturated rings. The van der Waals surface area contributed by atoms with Crippen LogP contribution in [0.3, 0.4) is 0 Å². The molecule has 0 saturated heterocycles. The van der Waals surface area contributed by atoms with Crippen molar-refractivity contribution in [3.05, 3.63) is 29.6 Å². The van der Waals surface area contributed by atoms with E-state index in [9.17, 15) is 9.18 Å². The van der Waals surface area contributed by atoms with Gasteiger partial charge in [0.15, 0.2) is 0 Å². The van der Waals surface area contributed by atoms with E-state index in [-0.39, 0.29) is 11.7 Å². The van der Waals surface area contributed by atoms with Gasteiger partial charge in [0.1, 0.15) is 11.6 Å². The Morgan fingerprint density at radius 3 is 2.76 bits per heavy atom. The summed E-state index contributed by atoms with van der Waals surface area (Å²) in [7, 11) is 0. The van der Waals surface area contributed by atoms with E-state index >= 15 is 0 Å². The number of hydrogen-bond acceptors (Lipinski definition) is 3. The van der Waals surface area contributed by atoms with Gasteiger partial charge in [0.05, 0.1) is 12.1 Å². The Bertz CT molecular complexity index is 479. The van der Waals surface area contributed by atoms with Crippen LogP contribution in [0.4, 0.5) is 4.39 Å². The Balaban J connectivity index is 2.43. The number of rotatable bonds is 9. The maximum Gasteiger partial charge on any atom is 0.237 e. The van der Waals surface area contributed by atoms with Crippen LogP contribution in [0.1, 0.15) is 38.7 Å². The summed E-state index contributed by atoms with van der Waals surface area (Å²) in [6.45, 7) is 6.75. The molecule has 118 valence electrons. The quantitative estimate of drug-likeness (QED) is 0.688. The van der Waals surface area contributed by atoms with Crippen LogP contribution in [0.15, 0.2) is 18.2 Å². The highest BCUT2D eigenvalue weighted by atomic mass is 19.1. The van der Waals surface area contributed by atoms with Gasteiger partial charge in [0, 0.05) is 0 Å². The molecule has 21 heavy (non-hydrogen) atoms. The van der Waals surface area contributed by atoms with Crippen molar-refractivity contribution in [1.82, 2.24) is 5.32 Å². The van der Waals surface area contributed by atoms with Gasteiger partial charge in [0.2, 0.25) is 5.91 Å². The molecular formula is C16H25FN2O2. The maximum absolute atomic E-state index is 13.1. The minimum Gasteiger partial charge on any atom is -0.494 e. The van der Waals surface area contributed by atoms with E-state index in [2.05, 4.69) is 5.32 Å². The molecule has 0 bridgehead atoms. The monoisotopic (exact) mass is 296 g/mol. The Labute approximate surface area is 125 Å². The molecule has 1 aromatic rings. The minimum atomic E-state index is -0.710. The van der Waals surface area contributed by atoms with Crippen LogP contribution in [0.2, 0.25) is 0 Å². The largest absolute Gasteiger partial charge is 0.494 e. The number of ether oxygens (including phenoxy) is 1. The molecule has 0 aliphatic carbocycles. The Kier molecular flexibility index (Phi) is 6.62. The van der Waals surface area contributed by atoms with E-state index in [4.69, 9.17) is 10.5 Å². The molecule has 1 aromatic carbocycles. The highest BCUT2D eigenvalue weighted by Gasteiger charge is 2.29. The Morgan fingerprint density at radius 2 is 2.19 bits per heavy atom. The molecule has 1 atom stereocenters. The second kappa shape index (κ2) is 7.98. The first-order valence-corrected chi connectivity index (χ1v) is 7.33. The van der Waals surface area contributed by atoms with Crippen LogP contribution < -0.4 is 15.8 Å². The van der Waals surface area contributed by atoms with Gasteiger partial charge < -0.3 is 15.8 Å². The van der Waals surface area contributed by atoms with Crippen molar-refractivity contribution in [1.29, 1.82) is 0 Å². The lowest BCUT2D eigenvalue weighted by atomic mass is 9.95. The van der Waals surface area contributed by atoms with Crippen LogP contribution in [-0.2, 0) is 4.79 Å². The summed E-state index contributed by atoms with van der Waals surface area (Å²) in [5, 5.41) is 3.18. The lowest BCUT2D eigenvalue weighted by Gasteiger charge is -2.27. The number of benzene rings is 1. The third kappa shape index (κ3) is 5.34. The van der Waals surface area contributed by atoms with Crippen LogP contribution in [-0.4, -0.2) is 24.6 Å². The summed E-state index contributed by atoms with van der Waals surface area (Å²) >= 11 is 0. The molecule has 0 spiro atoms. The second-order valence-electron chi connectivity index (χ2n) is 5.49. The Morgan fingerprint density at radius 1 is 1.48 bits per heavy atom. The first-order valence-electron chi connectivity index (χ1n) is 7.33. The number of halogens is 1. The van der Waals surface area contributed by atoms with Crippen molar-refractivity contribution in [2.75, 3.05) is 13.2 Å². The molecule has 0 aliphatic rings. The lowest BCUT2D eigenvalue weighted by Crippen LogP contribution is -2.53. The fourth-order valence-corrected chi connectivity index (χ4v) is 2.02. The summed E-state index contributed by atoms with van der Waals surface area (Å²) in [4.78, 5) is 11.6. The average Bonchev–Trinajstić information content (AvgIpc) is 2.45. The van der Waals surface area contributed by atoms with Crippen molar-refractivity contribution in [2.45, 2.75) is 45.6 Å².